The minimum atomic E-state index is 0.457. The van der Waals surface area contributed by atoms with Crippen LogP contribution in [0.4, 0.5) is 0 Å². The molecule has 1 saturated heterocycles. The molecule has 2 aromatic rings. The highest BCUT2D eigenvalue weighted by Crippen LogP contribution is 2.17. The van der Waals surface area contributed by atoms with Gasteiger partial charge in [0.25, 0.3) is 0 Å². The van der Waals surface area contributed by atoms with Crippen molar-refractivity contribution in [2.24, 2.45) is 0 Å². The molecule has 1 aliphatic heterocycles. The molecule has 1 aromatic heterocycles. The number of benzene rings is 1. The van der Waals surface area contributed by atoms with Crippen LogP contribution < -0.4 is 5.32 Å². The first-order valence-corrected chi connectivity index (χ1v) is 7.17. The fourth-order valence-electron chi connectivity index (χ4n) is 2.78. The van der Waals surface area contributed by atoms with E-state index < -0.39 is 0 Å². The van der Waals surface area contributed by atoms with Crippen LogP contribution in [0.2, 0.25) is 0 Å². The number of morpholine rings is 1. The Bertz CT molecular complexity index is 570. The zero-order valence-corrected chi connectivity index (χ0v) is 11.9. The van der Waals surface area contributed by atoms with Crippen LogP contribution in [0.1, 0.15) is 5.56 Å². The van der Waals surface area contributed by atoms with Crippen LogP contribution in [0.5, 0.6) is 0 Å². The Kier molecular flexibility index (Phi) is 4.25. The minimum absolute atomic E-state index is 0.457. The molecule has 0 amide bonds. The predicted molar refractivity (Wildman–Crippen MR) is 80.7 cm³/mol. The topological polar surface area (TPSA) is 37.4 Å². The molecular weight excluding hydrogens is 250 g/mol. The molecule has 106 valence electrons. The lowest BCUT2D eigenvalue weighted by molar-refractivity contribution is -0.0103. The van der Waals surface area contributed by atoms with Crippen molar-refractivity contribution in [3.63, 3.8) is 0 Å². The summed E-state index contributed by atoms with van der Waals surface area (Å²) in [5.74, 6) is 0. The van der Waals surface area contributed by atoms with Gasteiger partial charge in [-0.15, -0.1) is 0 Å². The van der Waals surface area contributed by atoms with Gasteiger partial charge in [-0.2, -0.15) is 0 Å². The fourth-order valence-corrected chi connectivity index (χ4v) is 2.78. The molecule has 0 bridgehead atoms. The van der Waals surface area contributed by atoms with Crippen molar-refractivity contribution in [3.05, 3.63) is 42.1 Å². The molecule has 1 fully saturated rings. The summed E-state index contributed by atoms with van der Waals surface area (Å²) in [7, 11) is 1.99. The van der Waals surface area contributed by atoms with E-state index in [0.717, 1.165) is 38.4 Å². The molecule has 0 aliphatic carbocycles. The van der Waals surface area contributed by atoms with Crippen LogP contribution in [0.25, 0.3) is 10.9 Å². The van der Waals surface area contributed by atoms with Crippen LogP contribution in [-0.2, 0) is 11.3 Å². The molecule has 3 rings (SSSR count). The van der Waals surface area contributed by atoms with Gasteiger partial charge in [0, 0.05) is 37.3 Å². The van der Waals surface area contributed by atoms with Gasteiger partial charge < -0.3 is 10.1 Å². The lowest BCUT2D eigenvalue weighted by atomic mass is 10.1. The normalized spacial score (nSPS) is 20.4. The Labute approximate surface area is 119 Å². The first-order chi connectivity index (χ1) is 9.86. The van der Waals surface area contributed by atoms with Gasteiger partial charge in [-0.25, -0.2) is 0 Å². The first kappa shape index (κ1) is 13.5. The molecule has 4 nitrogen and oxygen atoms in total. The maximum absolute atomic E-state index is 5.58. The van der Waals surface area contributed by atoms with E-state index in [1.54, 1.807) is 0 Å². The van der Waals surface area contributed by atoms with E-state index in [0.29, 0.717) is 6.04 Å². The molecular formula is C16H21N3O. The highest BCUT2D eigenvalue weighted by molar-refractivity contribution is 5.78. The number of hydrogen-bond acceptors (Lipinski definition) is 4. The standard InChI is InChI=1S/C16H21N3O/c1-17-10-15-12-20-8-7-19(15)11-13-4-5-16-14(9-13)3-2-6-18-16/h2-6,9,15,17H,7-8,10-12H2,1H3. The van der Waals surface area contributed by atoms with Gasteiger partial charge in [0.1, 0.15) is 0 Å². The largest absolute Gasteiger partial charge is 0.378 e. The van der Waals surface area contributed by atoms with Gasteiger partial charge in [0.15, 0.2) is 0 Å². The number of ether oxygens (including phenoxy) is 1. The highest BCUT2D eigenvalue weighted by atomic mass is 16.5. The average molecular weight is 271 g/mol. The Morgan fingerprint density at radius 3 is 3.25 bits per heavy atom. The summed E-state index contributed by atoms with van der Waals surface area (Å²) in [6.07, 6.45) is 1.84. The third-order valence-electron chi connectivity index (χ3n) is 3.84. The van der Waals surface area contributed by atoms with Crippen molar-refractivity contribution >= 4 is 10.9 Å². The maximum Gasteiger partial charge on any atom is 0.0702 e. The zero-order chi connectivity index (χ0) is 13.8. The summed E-state index contributed by atoms with van der Waals surface area (Å²) in [5, 5.41) is 4.46. The van der Waals surface area contributed by atoms with E-state index >= 15 is 0 Å². The number of likely N-dealkylation sites (N-methyl/N-ethyl adjacent to an activating group) is 1. The van der Waals surface area contributed by atoms with Crippen molar-refractivity contribution in [2.45, 2.75) is 12.6 Å². The van der Waals surface area contributed by atoms with Crippen molar-refractivity contribution in [1.29, 1.82) is 0 Å². The quantitative estimate of drug-likeness (QED) is 0.917. The van der Waals surface area contributed by atoms with E-state index in [1.807, 2.05) is 19.3 Å². The number of nitrogens with zero attached hydrogens (tertiary/aromatic N) is 2. The van der Waals surface area contributed by atoms with Gasteiger partial charge in [-0.05, 0) is 30.8 Å². The molecule has 0 radical (unpaired) electrons. The van der Waals surface area contributed by atoms with Crippen LogP contribution in [0.3, 0.4) is 0 Å². The zero-order valence-electron chi connectivity index (χ0n) is 11.9. The van der Waals surface area contributed by atoms with E-state index in [-0.39, 0.29) is 0 Å². The van der Waals surface area contributed by atoms with E-state index in [1.165, 1.54) is 10.9 Å². The van der Waals surface area contributed by atoms with Crippen molar-refractivity contribution in [2.75, 3.05) is 33.4 Å². The molecule has 1 aromatic carbocycles. The fraction of sp³-hybridized carbons (Fsp3) is 0.438. The van der Waals surface area contributed by atoms with Crippen LogP contribution in [0.15, 0.2) is 36.5 Å². The second kappa shape index (κ2) is 6.31. The van der Waals surface area contributed by atoms with Crippen molar-refractivity contribution in [3.8, 4) is 0 Å². The molecule has 1 N–H and O–H groups in total. The Balaban J connectivity index is 1.77. The maximum atomic E-state index is 5.58. The number of pyridine rings is 1. The molecule has 1 aliphatic rings. The summed E-state index contributed by atoms with van der Waals surface area (Å²) < 4.78 is 5.58. The smallest absolute Gasteiger partial charge is 0.0702 e. The van der Waals surface area contributed by atoms with Crippen LogP contribution in [-0.4, -0.2) is 49.3 Å². The molecule has 0 saturated carbocycles. The molecule has 2 heterocycles. The molecule has 1 unspecified atom stereocenters. The van der Waals surface area contributed by atoms with Crippen molar-refractivity contribution in [1.82, 2.24) is 15.2 Å². The van der Waals surface area contributed by atoms with Gasteiger partial charge in [0.2, 0.25) is 0 Å². The van der Waals surface area contributed by atoms with E-state index in [9.17, 15) is 0 Å². The third-order valence-corrected chi connectivity index (χ3v) is 3.84. The van der Waals surface area contributed by atoms with Crippen LogP contribution >= 0.6 is 0 Å². The Hall–Kier alpha value is -1.49. The lowest BCUT2D eigenvalue weighted by Crippen LogP contribution is -2.49. The van der Waals surface area contributed by atoms with Gasteiger partial charge in [0.05, 0.1) is 18.7 Å². The molecule has 1 atom stereocenters. The second-order valence-corrected chi connectivity index (χ2v) is 5.29. The van der Waals surface area contributed by atoms with Gasteiger partial charge in [-0.3, -0.25) is 9.88 Å². The van der Waals surface area contributed by atoms with Gasteiger partial charge in [-0.1, -0.05) is 12.1 Å². The summed E-state index contributed by atoms with van der Waals surface area (Å²) in [6, 6.07) is 11.1. The number of hydrogen-bond donors (Lipinski definition) is 1. The van der Waals surface area contributed by atoms with E-state index in [2.05, 4.69) is 39.5 Å². The second-order valence-electron chi connectivity index (χ2n) is 5.29. The average Bonchev–Trinajstić information content (AvgIpc) is 2.49. The third kappa shape index (κ3) is 2.98. The highest BCUT2D eigenvalue weighted by Gasteiger charge is 2.22. The summed E-state index contributed by atoms with van der Waals surface area (Å²) in [5.41, 5.74) is 2.40. The summed E-state index contributed by atoms with van der Waals surface area (Å²) in [4.78, 5) is 6.87. The van der Waals surface area contributed by atoms with E-state index in [4.69, 9.17) is 4.74 Å². The number of fused-ring (bicyclic) bond motifs is 1. The Morgan fingerprint density at radius 1 is 1.40 bits per heavy atom. The number of aromatic nitrogens is 1. The van der Waals surface area contributed by atoms with Crippen molar-refractivity contribution < 1.29 is 4.74 Å². The molecule has 20 heavy (non-hydrogen) atoms. The first-order valence-electron chi connectivity index (χ1n) is 7.17. The monoisotopic (exact) mass is 271 g/mol. The SMILES string of the molecule is CNCC1COCCN1Cc1ccc2ncccc2c1. The molecule has 0 spiro atoms. The lowest BCUT2D eigenvalue weighted by Gasteiger charge is -2.35. The van der Waals surface area contributed by atoms with Gasteiger partial charge >= 0.3 is 0 Å². The number of nitrogens with one attached hydrogen (secondary N) is 1. The van der Waals surface area contributed by atoms with Crippen LogP contribution in [0, 0.1) is 0 Å². The summed E-state index contributed by atoms with van der Waals surface area (Å²) >= 11 is 0. The predicted octanol–water partition coefficient (Wildman–Crippen LogP) is 1.65. The molecule has 4 heteroatoms. The minimum Gasteiger partial charge on any atom is -0.378 e. The Morgan fingerprint density at radius 2 is 2.35 bits per heavy atom. The summed E-state index contributed by atoms with van der Waals surface area (Å²) in [6.45, 7) is 4.58. The number of rotatable bonds is 4.